The molecule has 4 N–H and O–H groups in total. The fourth-order valence-corrected chi connectivity index (χ4v) is 1.51. The van der Waals surface area contributed by atoms with Gasteiger partial charge in [0.1, 0.15) is 0 Å². The number of benzene rings is 1. The Morgan fingerprint density at radius 3 is 2.50 bits per heavy atom. The van der Waals surface area contributed by atoms with Crippen LogP contribution in [0.25, 0.3) is 0 Å². The van der Waals surface area contributed by atoms with Crippen LogP contribution in [0.5, 0.6) is 0 Å². The van der Waals surface area contributed by atoms with Crippen molar-refractivity contribution in [1.82, 2.24) is 0 Å². The zero-order valence-corrected chi connectivity index (χ0v) is 8.93. The van der Waals surface area contributed by atoms with E-state index in [1.54, 1.807) is 32.0 Å². The van der Waals surface area contributed by atoms with Gasteiger partial charge in [-0.3, -0.25) is 4.79 Å². The molecule has 0 atom stereocenters. The summed E-state index contributed by atoms with van der Waals surface area (Å²) in [5, 5.41) is 0.503. The van der Waals surface area contributed by atoms with E-state index in [0.717, 1.165) is 0 Å². The van der Waals surface area contributed by atoms with Crippen molar-refractivity contribution in [2.75, 3.05) is 5.73 Å². The number of amides is 1. The molecule has 1 amide bonds. The number of nitrogens with two attached hydrogens (primary N) is 2. The number of rotatable bonds is 2. The normalized spacial score (nSPS) is 11.4. The summed E-state index contributed by atoms with van der Waals surface area (Å²) in [6, 6.07) is 5.02. The van der Waals surface area contributed by atoms with Crippen LogP contribution in [0, 0.1) is 0 Å². The number of anilines is 1. The molecule has 0 aliphatic carbocycles. The largest absolute Gasteiger partial charge is 0.399 e. The van der Waals surface area contributed by atoms with E-state index in [1.807, 2.05) is 0 Å². The van der Waals surface area contributed by atoms with Crippen LogP contribution >= 0.6 is 11.6 Å². The van der Waals surface area contributed by atoms with Gasteiger partial charge < -0.3 is 11.5 Å². The summed E-state index contributed by atoms with van der Waals surface area (Å²) in [6.07, 6.45) is 0. The van der Waals surface area contributed by atoms with Crippen molar-refractivity contribution < 1.29 is 4.79 Å². The van der Waals surface area contributed by atoms with Gasteiger partial charge in [-0.2, -0.15) is 0 Å². The Kier molecular flexibility index (Phi) is 2.71. The molecular formula is C10H13ClN2O. The van der Waals surface area contributed by atoms with Gasteiger partial charge in [-0.15, -0.1) is 0 Å². The van der Waals surface area contributed by atoms with Gasteiger partial charge in [-0.05, 0) is 37.6 Å². The maximum Gasteiger partial charge on any atom is 0.227 e. The second-order valence-corrected chi connectivity index (χ2v) is 4.14. The van der Waals surface area contributed by atoms with Gasteiger partial charge in [0.05, 0.1) is 5.41 Å². The van der Waals surface area contributed by atoms with Gasteiger partial charge in [-0.1, -0.05) is 11.6 Å². The first-order chi connectivity index (χ1) is 6.35. The summed E-state index contributed by atoms with van der Waals surface area (Å²) in [7, 11) is 0. The Morgan fingerprint density at radius 2 is 2.00 bits per heavy atom. The first kappa shape index (κ1) is 10.9. The highest BCUT2D eigenvalue weighted by Crippen LogP contribution is 2.31. The highest BCUT2D eigenvalue weighted by atomic mass is 35.5. The topological polar surface area (TPSA) is 69.1 Å². The Labute approximate surface area is 88.0 Å². The average Bonchev–Trinajstić information content (AvgIpc) is 2.08. The number of carbonyl (C=O) groups is 1. The third kappa shape index (κ3) is 1.82. The van der Waals surface area contributed by atoms with Gasteiger partial charge in [0.2, 0.25) is 5.91 Å². The van der Waals surface area contributed by atoms with Crippen molar-refractivity contribution in [3.05, 3.63) is 28.8 Å². The first-order valence-electron chi connectivity index (χ1n) is 4.21. The minimum atomic E-state index is -0.799. The molecule has 1 rings (SSSR count). The number of halogens is 1. The molecule has 0 aromatic heterocycles. The zero-order valence-electron chi connectivity index (χ0n) is 8.17. The van der Waals surface area contributed by atoms with Crippen LogP contribution in [0.2, 0.25) is 5.02 Å². The van der Waals surface area contributed by atoms with E-state index >= 15 is 0 Å². The molecule has 76 valence electrons. The smallest absolute Gasteiger partial charge is 0.227 e. The Bertz CT molecular complexity index is 374. The van der Waals surface area contributed by atoms with E-state index in [-0.39, 0.29) is 0 Å². The van der Waals surface area contributed by atoms with Crippen molar-refractivity contribution in [1.29, 1.82) is 0 Å². The van der Waals surface area contributed by atoms with Gasteiger partial charge in [0.15, 0.2) is 0 Å². The molecular weight excluding hydrogens is 200 g/mol. The lowest BCUT2D eigenvalue weighted by atomic mass is 9.84. The lowest BCUT2D eigenvalue weighted by Crippen LogP contribution is -2.35. The lowest BCUT2D eigenvalue weighted by molar-refractivity contribution is -0.122. The van der Waals surface area contributed by atoms with Crippen LogP contribution < -0.4 is 11.5 Å². The SMILES string of the molecule is CC(C)(C(N)=O)c1cc(N)ccc1Cl. The van der Waals surface area contributed by atoms with Crippen LogP contribution in [0.1, 0.15) is 19.4 Å². The minimum Gasteiger partial charge on any atom is -0.399 e. The summed E-state index contributed by atoms with van der Waals surface area (Å²) in [6.45, 7) is 3.44. The molecule has 0 aliphatic rings. The molecule has 1 aromatic rings. The number of carbonyl (C=O) groups excluding carboxylic acids is 1. The van der Waals surface area contributed by atoms with E-state index in [9.17, 15) is 4.79 Å². The van der Waals surface area contributed by atoms with E-state index in [2.05, 4.69) is 0 Å². The number of primary amides is 1. The molecule has 0 bridgehead atoms. The molecule has 3 nitrogen and oxygen atoms in total. The molecule has 0 fully saturated rings. The minimum absolute atomic E-state index is 0.426. The van der Waals surface area contributed by atoms with Crippen molar-refractivity contribution in [3.8, 4) is 0 Å². The number of hydrogen-bond acceptors (Lipinski definition) is 2. The van der Waals surface area contributed by atoms with E-state index < -0.39 is 11.3 Å². The standard InChI is InChI=1S/C10H13ClN2O/c1-10(2,9(13)14)7-5-6(12)3-4-8(7)11/h3-5H,12H2,1-2H3,(H2,13,14). The molecule has 14 heavy (non-hydrogen) atoms. The summed E-state index contributed by atoms with van der Waals surface area (Å²) in [4.78, 5) is 11.2. The second-order valence-electron chi connectivity index (χ2n) is 3.73. The molecule has 0 spiro atoms. The van der Waals surface area contributed by atoms with Gasteiger partial charge in [0.25, 0.3) is 0 Å². The monoisotopic (exact) mass is 212 g/mol. The number of nitrogen functional groups attached to an aromatic ring is 1. The summed E-state index contributed by atoms with van der Waals surface area (Å²) >= 11 is 5.96. The number of hydrogen-bond donors (Lipinski definition) is 2. The van der Waals surface area contributed by atoms with E-state index in [4.69, 9.17) is 23.1 Å². The van der Waals surface area contributed by atoms with Crippen molar-refractivity contribution in [3.63, 3.8) is 0 Å². The van der Waals surface area contributed by atoms with Crippen molar-refractivity contribution in [2.24, 2.45) is 5.73 Å². The Morgan fingerprint density at radius 1 is 1.43 bits per heavy atom. The molecule has 0 heterocycles. The molecule has 0 unspecified atom stereocenters. The highest BCUT2D eigenvalue weighted by Gasteiger charge is 2.29. The van der Waals surface area contributed by atoms with Crippen LogP contribution in [-0.2, 0) is 10.2 Å². The lowest BCUT2D eigenvalue weighted by Gasteiger charge is -2.22. The van der Waals surface area contributed by atoms with Gasteiger partial charge in [-0.25, -0.2) is 0 Å². The summed E-state index contributed by atoms with van der Waals surface area (Å²) < 4.78 is 0. The van der Waals surface area contributed by atoms with Gasteiger partial charge in [0, 0.05) is 10.7 Å². The second kappa shape index (κ2) is 3.50. The molecule has 0 saturated carbocycles. The fourth-order valence-electron chi connectivity index (χ4n) is 1.15. The third-order valence-electron chi connectivity index (χ3n) is 2.28. The van der Waals surface area contributed by atoms with Crippen LogP contribution in [0.15, 0.2) is 18.2 Å². The van der Waals surface area contributed by atoms with Crippen molar-refractivity contribution >= 4 is 23.2 Å². The van der Waals surface area contributed by atoms with Crippen molar-refractivity contribution in [2.45, 2.75) is 19.3 Å². The maximum atomic E-state index is 11.2. The molecule has 1 aromatic carbocycles. The highest BCUT2D eigenvalue weighted by molar-refractivity contribution is 6.31. The fraction of sp³-hybridized carbons (Fsp3) is 0.300. The van der Waals surface area contributed by atoms with Crippen LogP contribution in [0.3, 0.4) is 0 Å². The predicted molar refractivity (Wildman–Crippen MR) is 58.1 cm³/mol. The maximum absolute atomic E-state index is 11.2. The molecule has 4 heteroatoms. The predicted octanol–water partition coefficient (Wildman–Crippen LogP) is 1.69. The average molecular weight is 213 g/mol. The molecule has 0 radical (unpaired) electrons. The molecule has 0 saturated heterocycles. The molecule has 0 aliphatic heterocycles. The quantitative estimate of drug-likeness (QED) is 0.733. The van der Waals surface area contributed by atoms with Gasteiger partial charge >= 0.3 is 0 Å². The summed E-state index contributed by atoms with van der Waals surface area (Å²) in [5.41, 5.74) is 11.3. The zero-order chi connectivity index (χ0) is 10.9. The van der Waals surface area contributed by atoms with Crippen LogP contribution in [-0.4, -0.2) is 5.91 Å². The van der Waals surface area contributed by atoms with E-state index in [0.29, 0.717) is 16.3 Å². The van der Waals surface area contributed by atoms with Crippen LogP contribution in [0.4, 0.5) is 5.69 Å². The Hall–Kier alpha value is -1.22. The third-order valence-corrected chi connectivity index (χ3v) is 2.61. The first-order valence-corrected chi connectivity index (χ1v) is 4.59. The summed E-state index contributed by atoms with van der Waals surface area (Å²) in [5.74, 6) is -0.426. The Balaban J connectivity index is 3.31. The van der Waals surface area contributed by atoms with E-state index in [1.165, 1.54) is 0 Å².